The Morgan fingerprint density at radius 1 is 1.05 bits per heavy atom. The van der Waals surface area contributed by atoms with Crippen LogP contribution in [-0.2, 0) is 27.0 Å². The molecule has 2 N–H and O–H groups in total. The van der Waals surface area contributed by atoms with Gasteiger partial charge in [-0.2, -0.15) is 13.2 Å². The van der Waals surface area contributed by atoms with Crippen molar-refractivity contribution in [1.82, 2.24) is 10.2 Å². The van der Waals surface area contributed by atoms with Gasteiger partial charge in [0.1, 0.15) is 11.8 Å². The van der Waals surface area contributed by atoms with Crippen molar-refractivity contribution in [1.29, 1.82) is 0 Å². The number of benzene rings is 2. The molecule has 1 saturated carbocycles. The van der Waals surface area contributed by atoms with E-state index in [1.807, 2.05) is 51.1 Å². The first-order chi connectivity index (χ1) is 19.8. The molecule has 1 saturated heterocycles. The van der Waals surface area contributed by atoms with Crippen molar-refractivity contribution in [3.8, 4) is 5.75 Å². The van der Waals surface area contributed by atoms with Gasteiger partial charge < -0.3 is 24.8 Å². The van der Waals surface area contributed by atoms with Crippen molar-refractivity contribution in [3.05, 3.63) is 65.2 Å². The predicted octanol–water partition coefficient (Wildman–Crippen LogP) is 6.08. The summed E-state index contributed by atoms with van der Waals surface area (Å²) in [4.78, 5) is 28.9. The smallest absolute Gasteiger partial charge is 0.416 e. The fourth-order valence-corrected chi connectivity index (χ4v) is 6.82. The highest BCUT2D eigenvalue weighted by Gasteiger charge is 2.58. The highest BCUT2D eigenvalue weighted by molar-refractivity contribution is 5.87. The number of alkyl halides is 3. The van der Waals surface area contributed by atoms with E-state index in [2.05, 4.69) is 5.32 Å². The first-order valence-electron chi connectivity index (χ1n) is 14.4. The normalized spacial score (nSPS) is 26.7. The van der Waals surface area contributed by atoms with E-state index in [1.165, 1.54) is 13.2 Å². The number of likely N-dealkylation sites (tertiary alicyclic amines) is 1. The van der Waals surface area contributed by atoms with Crippen molar-refractivity contribution in [2.45, 2.75) is 83.4 Å². The first kappa shape index (κ1) is 31.8. The Bertz CT molecular complexity index is 1250. The summed E-state index contributed by atoms with van der Waals surface area (Å²) in [7, 11) is 2.95. The number of nitrogens with zero attached hydrogens (tertiary/aromatic N) is 1. The summed E-state index contributed by atoms with van der Waals surface area (Å²) in [6.45, 7) is 5.99. The molecule has 0 bridgehead atoms. The average molecular weight is 591 g/mol. The number of carboxylic acids is 1. The summed E-state index contributed by atoms with van der Waals surface area (Å²) >= 11 is 0. The van der Waals surface area contributed by atoms with Crippen LogP contribution in [0.4, 0.5) is 13.2 Å². The van der Waals surface area contributed by atoms with Crippen LogP contribution in [0.5, 0.6) is 5.75 Å². The Labute approximate surface area is 245 Å². The standard InChI is InChI=1S/C32H41F3N2O5/c1-31(2,3)25-26(36-18-21-14-15-22(32(33,34)35)17-24(21)42-5)27(19-10-7-6-8-11-19)37(28(25)30(39)40)29(38)20-12-9-13-23(16-20)41-4/h6-8,10-11,14-15,17,20,23,25-28,36H,9,12-13,16,18H2,1-5H3,(H,39,40)/t20-,23-,25+,26+,27+,28+/m1/s1. The Balaban J connectivity index is 1.78. The van der Waals surface area contributed by atoms with Gasteiger partial charge in [-0.05, 0) is 42.4 Å². The van der Waals surface area contributed by atoms with Crippen molar-refractivity contribution in [3.63, 3.8) is 0 Å². The number of rotatable bonds is 8. The predicted molar refractivity (Wildman–Crippen MR) is 152 cm³/mol. The third-order valence-electron chi connectivity index (χ3n) is 8.77. The third kappa shape index (κ3) is 6.59. The third-order valence-corrected chi connectivity index (χ3v) is 8.77. The van der Waals surface area contributed by atoms with Crippen LogP contribution in [0.25, 0.3) is 0 Å². The van der Waals surface area contributed by atoms with Gasteiger partial charge in [0.05, 0.1) is 24.8 Å². The Hall–Kier alpha value is -3.11. The molecule has 1 heterocycles. The molecule has 6 atom stereocenters. The lowest BCUT2D eigenvalue weighted by molar-refractivity contribution is -0.155. The van der Waals surface area contributed by atoms with Gasteiger partial charge in [-0.25, -0.2) is 4.79 Å². The molecule has 1 aliphatic carbocycles. The number of methoxy groups -OCH3 is 2. The van der Waals surface area contributed by atoms with Crippen LogP contribution in [0, 0.1) is 17.3 Å². The van der Waals surface area contributed by atoms with Gasteiger partial charge in [0.15, 0.2) is 0 Å². The van der Waals surface area contributed by atoms with Crippen molar-refractivity contribution < 1.29 is 37.3 Å². The Kier molecular flexibility index (Phi) is 9.57. The quantitative estimate of drug-likeness (QED) is 0.388. The molecule has 2 fully saturated rings. The van der Waals surface area contributed by atoms with Crippen molar-refractivity contribution in [2.24, 2.45) is 17.3 Å². The van der Waals surface area contributed by atoms with E-state index in [9.17, 15) is 27.9 Å². The van der Waals surface area contributed by atoms with Gasteiger partial charge in [-0.15, -0.1) is 0 Å². The number of carbonyl (C=O) groups is 2. The summed E-state index contributed by atoms with van der Waals surface area (Å²) in [5.41, 5.74) is -0.0748. The second-order valence-electron chi connectivity index (χ2n) is 12.4. The van der Waals surface area contributed by atoms with E-state index in [4.69, 9.17) is 9.47 Å². The summed E-state index contributed by atoms with van der Waals surface area (Å²) in [5.74, 6) is -2.10. The van der Waals surface area contributed by atoms with Crippen LogP contribution >= 0.6 is 0 Å². The van der Waals surface area contributed by atoms with Crippen LogP contribution in [0.15, 0.2) is 48.5 Å². The molecule has 230 valence electrons. The molecular formula is C32H41F3N2O5. The van der Waals surface area contributed by atoms with E-state index in [1.54, 1.807) is 12.0 Å². The highest BCUT2D eigenvalue weighted by Crippen LogP contribution is 2.49. The van der Waals surface area contributed by atoms with Gasteiger partial charge in [0.2, 0.25) is 5.91 Å². The van der Waals surface area contributed by atoms with Gasteiger partial charge in [-0.3, -0.25) is 4.79 Å². The SMILES string of the molecule is COc1cc(C(F)(F)F)ccc1CN[C@H]1[C@H](C(C)(C)C)[C@@H](C(=O)O)N(C(=O)[C@@H]2CCC[C@@H](OC)C2)[C@H]1c1ccccc1. The fourth-order valence-electron chi connectivity index (χ4n) is 6.82. The number of carboxylic acid groups (broad SMARTS) is 1. The monoisotopic (exact) mass is 590 g/mol. The summed E-state index contributed by atoms with van der Waals surface area (Å²) in [5, 5.41) is 14.1. The maximum atomic E-state index is 14.3. The molecule has 42 heavy (non-hydrogen) atoms. The van der Waals surface area contributed by atoms with Crippen LogP contribution in [0.1, 0.15) is 69.2 Å². The molecule has 10 heteroatoms. The highest BCUT2D eigenvalue weighted by atomic mass is 19.4. The number of aliphatic carboxylic acids is 1. The Morgan fingerprint density at radius 3 is 2.31 bits per heavy atom. The van der Waals surface area contributed by atoms with E-state index < -0.39 is 47.2 Å². The number of amides is 1. The lowest BCUT2D eigenvalue weighted by Gasteiger charge is -2.36. The number of ether oxygens (including phenoxy) is 2. The van der Waals surface area contributed by atoms with E-state index in [-0.39, 0.29) is 30.2 Å². The first-order valence-corrected chi connectivity index (χ1v) is 14.4. The fraction of sp³-hybridized carbons (Fsp3) is 0.562. The maximum absolute atomic E-state index is 14.3. The molecule has 1 aliphatic heterocycles. The molecule has 2 aliphatic rings. The van der Waals surface area contributed by atoms with E-state index in [0.717, 1.165) is 30.5 Å². The van der Waals surface area contributed by atoms with Crippen LogP contribution in [0.3, 0.4) is 0 Å². The molecular weight excluding hydrogens is 549 g/mol. The number of hydrogen-bond acceptors (Lipinski definition) is 5. The molecule has 1 amide bonds. The summed E-state index contributed by atoms with van der Waals surface area (Å²) < 4.78 is 50.9. The van der Waals surface area contributed by atoms with Crippen molar-refractivity contribution >= 4 is 11.9 Å². The number of halogens is 3. The molecule has 4 rings (SSSR count). The van der Waals surface area contributed by atoms with Crippen LogP contribution < -0.4 is 10.1 Å². The van der Waals surface area contributed by atoms with Crippen LogP contribution in [-0.4, -0.2) is 54.3 Å². The molecule has 0 spiro atoms. The Morgan fingerprint density at radius 2 is 1.74 bits per heavy atom. The number of nitrogens with one attached hydrogen (secondary N) is 1. The van der Waals surface area contributed by atoms with Gasteiger partial charge in [0, 0.05) is 37.1 Å². The topological polar surface area (TPSA) is 88.1 Å². The largest absolute Gasteiger partial charge is 0.496 e. The average Bonchev–Trinajstić information content (AvgIpc) is 3.31. The second kappa shape index (κ2) is 12.6. The van der Waals surface area contributed by atoms with E-state index >= 15 is 0 Å². The molecule has 2 aromatic carbocycles. The molecule has 0 aromatic heterocycles. The number of carbonyl (C=O) groups excluding carboxylic acids is 1. The van der Waals surface area contributed by atoms with Gasteiger partial charge >= 0.3 is 12.1 Å². The second-order valence-corrected chi connectivity index (χ2v) is 12.4. The number of hydrogen-bond donors (Lipinski definition) is 2. The zero-order chi connectivity index (χ0) is 30.8. The van der Waals surface area contributed by atoms with E-state index in [0.29, 0.717) is 18.4 Å². The minimum atomic E-state index is -4.52. The molecule has 2 aromatic rings. The minimum Gasteiger partial charge on any atom is -0.496 e. The zero-order valence-electron chi connectivity index (χ0n) is 24.8. The summed E-state index contributed by atoms with van der Waals surface area (Å²) in [6.07, 6.45) is -1.72. The van der Waals surface area contributed by atoms with Gasteiger partial charge in [-0.1, -0.05) is 63.6 Å². The maximum Gasteiger partial charge on any atom is 0.416 e. The molecule has 7 nitrogen and oxygen atoms in total. The van der Waals surface area contributed by atoms with Crippen LogP contribution in [0.2, 0.25) is 0 Å². The summed E-state index contributed by atoms with van der Waals surface area (Å²) in [6, 6.07) is 10.4. The lowest BCUT2D eigenvalue weighted by atomic mass is 9.72. The van der Waals surface area contributed by atoms with Gasteiger partial charge in [0.25, 0.3) is 0 Å². The zero-order valence-corrected chi connectivity index (χ0v) is 24.8. The minimum absolute atomic E-state index is 0.0618. The molecule has 0 radical (unpaired) electrons. The van der Waals surface area contributed by atoms with Crippen molar-refractivity contribution in [2.75, 3.05) is 14.2 Å². The molecule has 0 unspecified atom stereocenters. The lowest BCUT2D eigenvalue weighted by Crippen LogP contribution is -2.49.